The fraction of sp³-hybridized carbons (Fsp3) is 0.562. The molecule has 0 heterocycles. The zero-order valence-electron chi connectivity index (χ0n) is 13.2. The molecule has 0 aliphatic carbocycles. The molecule has 1 atom stereocenters. The molecule has 0 aliphatic rings. The minimum atomic E-state index is -0.473. The van der Waals surface area contributed by atoms with Crippen LogP contribution in [0.2, 0.25) is 0 Å². The number of nitrogens with one attached hydrogen (secondary N) is 1. The van der Waals surface area contributed by atoms with Crippen LogP contribution in [0.4, 0.5) is 15.8 Å². The van der Waals surface area contributed by atoms with Crippen LogP contribution >= 0.6 is 0 Å². The minimum absolute atomic E-state index is 0.0414. The first kappa shape index (κ1) is 17.4. The van der Waals surface area contributed by atoms with Crippen molar-refractivity contribution < 1.29 is 9.18 Å². The van der Waals surface area contributed by atoms with Gasteiger partial charge in [-0.05, 0) is 30.7 Å². The number of nitrogen functional groups attached to an aromatic ring is 1. The Hall–Kier alpha value is -1.62. The summed E-state index contributed by atoms with van der Waals surface area (Å²) in [5.41, 5.74) is 6.05. The lowest BCUT2D eigenvalue weighted by atomic mass is 10.1. The van der Waals surface area contributed by atoms with E-state index >= 15 is 0 Å². The molecular formula is C16H26FN3O. The summed E-state index contributed by atoms with van der Waals surface area (Å²) in [5.74, 6) is 0.0761. The molecule has 4 nitrogen and oxygen atoms in total. The molecule has 0 fully saturated rings. The van der Waals surface area contributed by atoms with Crippen molar-refractivity contribution in [2.75, 3.05) is 30.7 Å². The Balaban J connectivity index is 2.43. The number of halogens is 1. The van der Waals surface area contributed by atoms with E-state index in [4.69, 9.17) is 5.73 Å². The third kappa shape index (κ3) is 6.12. The number of hydrogen-bond acceptors (Lipinski definition) is 3. The van der Waals surface area contributed by atoms with Gasteiger partial charge in [0.15, 0.2) is 0 Å². The van der Waals surface area contributed by atoms with Gasteiger partial charge in [0.1, 0.15) is 5.82 Å². The summed E-state index contributed by atoms with van der Waals surface area (Å²) in [5, 5.41) is 2.74. The molecule has 118 valence electrons. The molecule has 1 rings (SSSR count). The third-order valence-electron chi connectivity index (χ3n) is 3.65. The molecule has 1 unspecified atom stereocenters. The van der Waals surface area contributed by atoms with E-state index < -0.39 is 5.82 Å². The molecule has 0 aromatic heterocycles. The molecule has 0 saturated carbocycles. The van der Waals surface area contributed by atoms with E-state index in [1.165, 1.54) is 18.2 Å². The first-order valence-electron chi connectivity index (χ1n) is 7.53. The van der Waals surface area contributed by atoms with Crippen LogP contribution in [0.25, 0.3) is 0 Å². The summed E-state index contributed by atoms with van der Waals surface area (Å²) in [7, 11) is 0. The lowest BCUT2D eigenvalue weighted by Gasteiger charge is -2.23. The Morgan fingerprint density at radius 2 is 2.14 bits per heavy atom. The molecule has 0 radical (unpaired) electrons. The Bertz CT molecular complexity index is 465. The van der Waals surface area contributed by atoms with Gasteiger partial charge in [-0.25, -0.2) is 4.39 Å². The van der Waals surface area contributed by atoms with Crippen molar-refractivity contribution in [1.82, 2.24) is 4.90 Å². The number of carbonyl (C=O) groups excluding carboxylic acids is 1. The second kappa shape index (κ2) is 8.62. The Morgan fingerprint density at radius 1 is 1.43 bits per heavy atom. The van der Waals surface area contributed by atoms with Crippen molar-refractivity contribution >= 4 is 17.3 Å². The molecule has 1 aromatic carbocycles. The SMILES string of the molecule is CCC(C)CN(CC)CCC(=O)Nc1ccc(F)c(N)c1. The first-order valence-corrected chi connectivity index (χ1v) is 7.53. The quantitative estimate of drug-likeness (QED) is 0.725. The largest absolute Gasteiger partial charge is 0.396 e. The monoisotopic (exact) mass is 295 g/mol. The third-order valence-corrected chi connectivity index (χ3v) is 3.65. The van der Waals surface area contributed by atoms with Gasteiger partial charge >= 0.3 is 0 Å². The van der Waals surface area contributed by atoms with Crippen molar-refractivity contribution in [1.29, 1.82) is 0 Å². The molecule has 21 heavy (non-hydrogen) atoms. The fourth-order valence-electron chi connectivity index (χ4n) is 2.05. The van der Waals surface area contributed by atoms with Gasteiger partial charge in [0.25, 0.3) is 0 Å². The lowest BCUT2D eigenvalue weighted by molar-refractivity contribution is -0.116. The highest BCUT2D eigenvalue weighted by Gasteiger charge is 2.10. The summed E-state index contributed by atoms with van der Waals surface area (Å²) in [6.07, 6.45) is 1.55. The van der Waals surface area contributed by atoms with Crippen LogP contribution in [-0.2, 0) is 4.79 Å². The molecule has 1 aromatic rings. The standard InChI is InChI=1S/C16H26FN3O/c1-4-12(3)11-20(5-2)9-8-16(21)19-13-6-7-14(17)15(18)10-13/h6-7,10,12H,4-5,8-9,11,18H2,1-3H3,(H,19,21). The van der Waals surface area contributed by atoms with Gasteiger partial charge in [0, 0.05) is 25.2 Å². The van der Waals surface area contributed by atoms with E-state index in [2.05, 4.69) is 31.0 Å². The minimum Gasteiger partial charge on any atom is -0.396 e. The number of rotatable bonds is 8. The van der Waals surface area contributed by atoms with Crippen LogP contribution in [0.1, 0.15) is 33.6 Å². The predicted molar refractivity (Wildman–Crippen MR) is 85.6 cm³/mol. The number of nitrogens with zero attached hydrogens (tertiary/aromatic N) is 1. The van der Waals surface area contributed by atoms with Gasteiger partial charge in [-0.1, -0.05) is 27.2 Å². The maximum atomic E-state index is 13.0. The van der Waals surface area contributed by atoms with Gasteiger partial charge in [-0.15, -0.1) is 0 Å². The first-order chi connectivity index (χ1) is 9.96. The van der Waals surface area contributed by atoms with Gasteiger partial charge < -0.3 is 16.0 Å². The predicted octanol–water partition coefficient (Wildman–Crippen LogP) is 3.10. The highest BCUT2D eigenvalue weighted by Crippen LogP contribution is 2.16. The van der Waals surface area contributed by atoms with Crippen LogP contribution in [0.15, 0.2) is 18.2 Å². The normalized spacial score (nSPS) is 12.4. The van der Waals surface area contributed by atoms with Crippen molar-refractivity contribution in [3.05, 3.63) is 24.0 Å². The number of benzene rings is 1. The molecule has 0 aliphatic heterocycles. The van der Waals surface area contributed by atoms with Crippen LogP contribution in [-0.4, -0.2) is 30.4 Å². The Kier molecular flexibility index (Phi) is 7.15. The van der Waals surface area contributed by atoms with Gasteiger partial charge in [0.05, 0.1) is 5.69 Å². The van der Waals surface area contributed by atoms with E-state index in [0.717, 1.165) is 26.1 Å². The zero-order valence-corrected chi connectivity index (χ0v) is 13.2. The van der Waals surface area contributed by atoms with Crippen LogP contribution in [0.3, 0.4) is 0 Å². The molecule has 3 N–H and O–H groups in total. The summed E-state index contributed by atoms with van der Waals surface area (Å²) in [6, 6.07) is 4.20. The van der Waals surface area contributed by atoms with Crippen molar-refractivity contribution in [3.8, 4) is 0 Å². The molecule has 0 saturated heterocycles. The average molecular weight is 295 g/mol. The molecule has 0 bridgehead atoms. The maximum absolute atomic E-state index is 13.0. The van der Waals surface area contributed by atoms with Crippen molar-refractivity contribution in [2.24, 2.45) is 5.92 Å². The van der Waals surface area contributed by atoms with Gasteiger partial charge in [-0.3, -0.25) is 4.79 Å². The maximum Gasteiger partial charge on any atom is 0.225 e. The van der Waals surface area contributed by atoms with Gasteiger partial charge in [0.2, 0.25) is 5.91 Å². The molecule has 1 amide bonds. The van der Waals surface area contributed by atoms with E-state index in [-0.39, 0.29) is 11.6 Å². The van der Waals surface area contributed by atoms with Crippen molar-refractivity contribution in [2.45, 2.75) is 33.6 Å². The summed E-state index contributed by atoms with van der Waals surface area (Å²) < 4.78 is 13.0. The topological polar surface area (TPSA) is 58.4 Å². The average Bonchev–Trinajstić information content (AvgIpc) is 2.47. The van der Waals surface area contributed by atoms with Crippen LogP contribution in [0.5, 0.6) is 0 Å². The smallest absolute Gasteiger partial charge is 0.225 e. The Morgan fingerprint density at radius 3 is 2.71 bits per heavy atom. The summed E-state index contributed by atoms with van der Waals surface area (Å²) in [6.45, 7) is 9.14. The number of amides is 1. The molecular weight excluding hydrogens is 269 g/mol. The number of hydrogen-bond donors (Lipinski definition) is 2. The molecule has 0 spiro atoms. The van der Waals surface area contributed by atoms with E-state index in [9.17, 15) is 9.18 Å². The Labute approximate surface area is 126 Å². The fourth-order valence-corrected chi connectivity index (χ4v) is 2.05. The molecule has 5 heteroatoms. The van der Waals surface area contributed by atoms with Gasteiger partial charge in [-0.2, -0.15) is 0 Å². The highest BCUT2D eigenvalue weighted by atomic mass is 19.1. The second-order valence-corrected chi connectivity index (χ2v) is 5.44. The number of anilines is 2. The summed E-state index contributed by atoms with van der Waals surface area (Å²) >= 11 is 0. The number of nitrogens with two attached hydrogens (primary N) is 1. The van der Waals surface area contributed by atoms with E-state index in [1.54, 1.807) is 0 Å². The second-order valence-electron chi connectivity index (χ2n) is 5.44. The van der Waals surface area contributed by atoms with Crippen LogP contribution < -0.4 is 11.1 Å². The van der Waals surface area contributed by atoms with E-state index in [0.29, 0.717) is 18.0 Å². The zero-order chi connectivity index (χ0) is 15.8. The lowest BCUT2D eigenvalue weighted by Crippen LogP contribution is -2.31. The highest BCUT2D eigenvalue weighted by molar-refractivity contribution is 5.91. The summed E-state index contributed by atoms with van der Waals surface area (Å²) in [4.78, 5) is 14.2. The van der Waals surface area contributed by atoms with Crippen LogP contribution in [0, 0.1) is 11.7 Å². The van der Waals surface area contributed by atoms with E-state index in [1.807, 2.05) is 0 Å². The van der Waals surface area contributed by atoms with Crippen molar-refractivity contribution in [3.63, 3.8) is 0 Å². The number of carbonyl (C=O) groups is 1.